The molecule has 0 aromatic carbocycles. The molecule has 3 rings (SSSR count). The Morgan fingerprint density at radius 1 is 1.31 bits per heavy atom. The lowest BCUT2D eigenvalue weighted by atomic mass is 10.2. The van der Waals surface area contributed by atoms with Gasteiger partial charge >= 0.3 is 0 Å². The summed E-state index contributed by atoms with van der Waals surface area (Å²) in [6.45, 7) is 7.42. The number of morpholine rings is 1. The van der Waals surface area contributed by atoms with Gasteiger partial charge < -0.3 is 19.5 Å². The summed E-state index contributed by atoms with van der Waals surface area (Å²) in [6, 6.07) is 4.98. The molecule has 0 radical (unpaired) electrons. The third kappa shape index (κ3) is 4.89. The number of aromatic amines is 1. The number of amides is 1. The maximum atomic E-state index is 12.7. The van der Waals surface area contributed by atoms with Gasteiger partial charge in [0.1, 0.15) is 16.3 Å². The first-order valence-corrected chi connectivity index (χ1v) is 11.2. The second kappa shape index (κ2) is 9.57. The van der Waals surface area contributed by atoms with E-state index >= 15 is 0 Å². The van der Waals surface area contributed by atoms with Crippen molar-refractivity contribution in [2.24, 2.45) is 0 Å². The predicted molar refractivity (Wildman–Crippen MR) is 107 cm³/mol. The van der Waals surface area contributed by atoms with E-state index in [1.165, 1.54) is 16.6 Å². The Kier molecular flexibility index (Phi) is 7.12. The number of ether oxygens (including phenoxy) is 1. The van der Waals surface area contributed by atoms with E-state index < -0.39 is 10.0 Å². The van der Waals surface area contributed by atoms with Crippen LogP contribution in [-0.2, 0) is 14.8 Å². The quantitative estimate of drug-likeness (QED) is 0.631. The molecule has 0 bridgehead atoms. The molecule has 0 aliphatic carbocycles. The average Bonchev–Trinajstić information content (AvgIpc) is 3.44. The van der Waals surface area contributed by atoms with E-state index in [4.69, 9.17) is 9.15 Å². The number of hydrogen-bond acceptors (Lipinski definition) is 6. The van der Waals surface area contributed by atoms with Crippen molar-refractivity contribution in [2.75, 3.05) is 45.9 Å². The number of hydrogen-bond donors (Lipinski definition) is 2. The number of nitrogens with zero attached hydrogens (tertiary/aromatic N) is 2. The van der Waals surface area contributed by atoms with Crippen molar-refractivity contribution in [1.82, 2.24) is 19.5 Å². The monoisotopic (exact) mass is 424 g/mol. The lowest BCUT2D eigenvalue weighted by Gasteiger charge is -2.28. The van der Waals surface area contributed by atoms with Gasteiger partial charge in [-0.2, -0.15) is 4.31 Å². The van der Waals surface area contributed by atoms with Crippen LogP contribution in [0.4, 0.5) is 0 Å². The highest BCUT2D eigenvalue weighted by atomic mass is 32.2. The number of H-pyrrole nitrogens is 1. The van der Waals surface area contributed by atoms with Crippen LogP contribution >= 0.6 is 0 Å². The van der Waals surface area contributed by atoms with E-state index in [9.17, 15) is 13.2 Å². The Hall–Kier alpha value is -2.14. The summed E-state index contributed by atoms with van der Waals surface area (Å²) >= 11 is 0. The van der Waals surface area contributed by atoms with E-state index in [0.717, 1.165) is 18.8 Å². The van der Waals surface area contributed by atoms with E-state index in [0.29, 0.717) is 32.8 Å². The zero-order chi connectivity index (χ0) is 20.9. The predicted octanol–water partition coefficient (Wildman–Crippen LogP) is 1.44. The average molecular weight is 425 g/mol. The van der Waals surface area contributed by atoms with Crippen LogP contribution in [0.2, 0.25) is 0 Å². The molecule has 160 valence electrons. The lowest BCUT2D eigenvalue weighted by Crippen LogP contribution is -2.40. The Morgan fingerprint density at radius 2 is 2.03 bits per heavy atom. The van der Waals surface area contributed by atoms with Crippen molar-refractivity contribution in [3.05, 3.63) is 42.1 Å². The second-order valence-corrected chi connectivity index (χ2v) is 8.67. The number of furan rings is 1. The molecule has 1 amide bonds. The number of nitrogens with one attached hydrogen (secondary N) is 2. The molecule has 1 fully saturated rings. The van der Waals surface area contributed by atoms with Crippen molar-refractivity contribution in [2.45, 2.75) is 24.8 Å². The van der Waals surface area contributed by atoms with Crippen LogP contribution in [0.5, 0.6) is 0 Å². The van der Waals surface area contributed by atoms with Gasteiger partial charge in [0.05, 0.1) is 25.5 Å². The van der Waals surface area contributed by atoms with Crippen molar-refractivity contribution in [3.8, 4) is 0 Å². The normalized spacial score (nSPS) is 16.8. The van der Waals surface area contributed by atoms with Gasteiger partial charge in [-0.1, -0.05) is 13.8 Å². The zero-order valence-electron chi connectivity index (χ0n) is 16.8. The van der Waals surface area contributed by atoms with Crippen molar-refractivity contribution >= 4 is 15.9 Å². The van der Waals surface area contributed by atoms with Gasteiger partial charge in [-0.25, -0.2) is 8.42 Å². The van der Waals surface area contributed by atoms with Crippen LogP contribution in [0.1, 0.15) is 36.1 Å². The molecule has 1 aliphatic heterocycles. The summed E-state index contributed by atoms with van der Waals surface area (Å²) in [4.78, 5) is 17.7. The fraction of sp³-hybridized carbons (Fsp3) is 0.526. The fourth-order valence-electron chi connectivity index (χ4n) is 3.43. The van der Waals surface area contributed by atoms with Crippen LogP contribution in [-0.4, -0.2) is 74.5 Å². The molecular formula is C19H28N4O5S. The highest BCUT2D eigenvalue weighted by Gasteiger charge is 2.28. The third-order valence-corrected chi connectivity index (χ3v) is 6.97. The van der Waals surface area contributed by atoms with Gasteiger partial charge in [0.25, 0.3) is 5.91 Å². The molecule has 10 heteroatoms. The molecule has 2 aromatic rings. The molecule has 1 atom stereocenters. The molecule has 3 heterocycles. The number of carbonyl (C=O) groups is 1. The van der Waals surface area contributed by atoms with Gasteiger partial charge in [-0.05, 0) is 31.3 Å². The Morgan fingerprint density at radius 3 is 2.66 bits per heavy atom. The first kappa shape index (κ1) is 21.6. The summed E-state index contributed by atoms with van der Waals surface area (Å²) in [5.41, 5.74) is 0.203. The Labute approximate surface area is 171 Å². The second-order valence-electron chi connectivity index (χ2n) is 6.73. The number of sulfonamides is 1. The van der Waals surface area contributed by atoms with Gasteiger partial charge in [0.2, 0.25) is 10.0 Å². The van der Waals surface area contributed by atoms with Crippen LogP contribution < -0.4 is 5.32 Å². The van der Waals surface area contributed by atoms with Gasteiger partial charge in [0.15, 0.2) is 0 Å². The molecule has 29 heavy (non-hydrogen) atoms. The van der Waals surface area contributed by atoms with E-state index in [2.05, 4.69) is 29.0 Å². The maximum absolute atomic E-state index is 12.7. The van der Waals surface area contributed by atoms with Crippen LogP contribution in [0.15, 0.2) is 40.0 Å². The smallest absolute Gasteiger partial charge is 0.267 e. The van der Waals surface area contributed by atoms with Crippen molar-refractivity contribution in [1.29, 1.82) is 0 Å². The van der Waals surface area contributed by atoms with Gasteiger partial charge in [-0.3, -0.25) is 9.69 Å². The Balaban J connectivity index is 1.68. The van der Waals surface area contributed by atoms with E-state index in [1.807, 2.05) is 12.1 Å². The van der Waals surface area contributed by atoms with Crippen molar-refractivity contribution < 1.29 is 22.4 Å². The molecule has 0 saturated carbocycles. The first-order valence-electron chi connectivity index (χ1n) is 9.79. The molecule has 9 nitrogen and oxygen atoms in total. The highest BCUT2D eigenvalue weighted by Crippen LogP contribution is 2.21. The summed E-state index contributed by atoms with van der Waals surface area (Å²) in [5, 5.41) is 2.88. The summed E-state index contributed by atoms with van der Waals surface area (Å²) in [7, 11) is -3.64. The molecular weight excluding hydrogens is 396 g/mol. The minimum Gasteiger partial charge on any atom is -0.468 e. The minimum atomic E-state index is -3.64. The van der Waals surface area contributed by atoms with E-state index in [-0.39, 0.29) is 22.5 Å². The molecule has 0 spiro atoms. The number of aromatic nitrogens is 1. The summed E-state index contributed by atoms with van der Waals surface area (Å²) in [5.74, 6) is 0.410. The molecule has 1 aliphatic rings. The molecule has 1 unspecified atom stereocenters. The minimum absolute atomic E-state index is 0.0795. The van der Waals surface area contributed by atoms with Crippen LogP contribution in [0.25, 0.3) is 0 Å². The molecule has 2 aromatic heterocycles. The topological polar surface area (TPSA) is 108 Å². The number of carbonyl (C=O) groups excluding carboxylic acids is 1. The maximum Gasteiger partial charge on any atom is 0.267 e. The largest absolute Gasteiger partial charge is 0.468 e. The van der Waals surface area contributed by atoms with Gasteiger partial charge in [-0.15, -0.1) is 0 Å². The summed E-state index contributed by atoms with van der Waals surface area (Å²) in [6.07, 6.45) is 2.97. The van der Waals surface area contributed by atoms with Crippen LogP contribution in [0, 0.1) is 0 Å². The fourth-order valence-corrected chi connectivity index (χ4v) is 4.83. The first-order chi connectivity index (χ1) is 14.0. The third-order valence-electron chi connectivity index (χ3n) is 5.09. The van der Waals surface area contributed by atoms with Gasteiger partial charge in [0, 0.05) is 25.8 Å². The Bertz CT molecular complexity index is 884. The number of rotatable bonds is 9. The standard InChI is InChI=1S/C19H28N4O5S/c1-3-22(4-2)17(18-6-5-9-28-18)14-21-19(24)16-12-15(13-20-16)29(25,26)23-7-10-27-11-8-23/h5-6,9,12-13,17,20H,3-4,7-8,10-11,14H2,1-2H3,(H,21,24). The van der Waals surface area contributed by atoms with Crippen LogP contribution in [0.3, 0.4) is 0 Å². The lowest BCUT2D eigenvalue weighted by molar-refractivity contribution is 0.0730. The highest BCUT2D eigenvalue weighted by molar-refractivity contribution is 7.89. The van der Waals surface area contributed by atoms with Crippen molar-refractivity contribution in [3.63, 3.8) is 0 Å². The van der Waals surface area contributed by atoms with E-state index in [1.54, 1.807) is 6.26 Å². The SMILES string of the molecule is CCN(CC)C(CNC(=O)c1cc(S(=O)(=O)N2CCOCC2)c[nH]1)c1ccco1. The zero-order valence-corrected chi connectivity index (χ0v) is 17.6. The molecule has 1 saturated heterocycles. The summed E-state index contributed by atoms with van der Waals surface area (Å²) < 4.78 is 37.5. The number of likely N-dealkylation sites (N-methyl/N-ethyl adjacent to an activating group) is 1. The molecule has 2 N–H and O–H groups in total.